The molecule has 0 amide bonds. The normalized spacial score (nSPS) is 19.9. The molecule has 94 valence electrons. The molecule has 0 radical (unpaired) electrons. The standard InChI is InChI=1S/C14H15ClN2O/c15-12-5-1-3-10(7-12)14-17-9-13(18-14)11-4-2-6-16-8-11/h1,3,5,7,9,11,16H,2,4,6,8H2. The summed E-state index contributed by atoms with van der Waals surface area (Å²) < 4.78 is 5.85. The van der Waals surface area contributed by atoms with E-state index in [4.69, 9.17) is 16.0 Å². The Kier molecular flexibility index (Phi) is 3.35. The van der Waals surface area contributed by atoms with E-state index in [1.165, 1.54) is 6.42 Å². The zero-order chi connectivity index (χ0) is 12.4. The SMILES string of the molecule is Clc1cccc(-c2ncc(C3CCCNC3)o2)c1. The molecule has 3 rings (SSSR count). The molecule has 3 nitrogen and oxygen atoms in total. The van der Waals surface area contributed by atoms with Gasteiger partial charge < -0.3 is 9.73 Å². The average Bonchev–Trinajstić information content (AvgIpc) is 2.89. The van der Waals surface area contributed by atoms with E-state index in [-0.39, 0.29) is 0 Å². The van der Waals surface area contributed by atoms with Gasteiger partial charge in [0.15, 0.2) is 0 Å². The molecule has 2 aromatic rings. The number of hydrogen-bond acceptors (Lipinski definition) is 3. The van der Waals surface area contributed by atoms with Crippen LogP contribution in [0.3, 0.4) is 0 Å². The summed E-state index contributed by atoms with van der Waals surface area (Å²) in [5.41, 5.74) is 0.928. The van der Waals surface area contributed by atoms with Gasteiger partial charge in [0.1, 0.15) is 5.76 Å². The maximum absolute atomic E-state index is 5.97. The highest BCUT2D eigenvalue weighted by Gasteiger charge is 2.19. The van der Waals surface area contributed by atoms with Crippen molar-refractivity contribution in [3.63, 3.8) is 0 Å². The lowest BCUT2D eigenvalue weighted by Gasteiger charge is -2.20. The molecule has 1 aromatic heterocycles. The van der Waals surface area contributed by atoms with Gasteiger partial charge in [0.25, 0.3) is 0 Å². The van der Waals surface area contributed by atoms with Crippen LogP contribution in [0.15, 0.2) is 34.9 Å². The molecule has 1 unspecified atom stereocenters. The maximum atomic E-state index is 5.97. The van der Waals surface area contributed by atoms with Crippen molar-refractivity contribution in [3.8, 4) is 11.5 Å². The van der Waals surface area contributed by atoms with E-state index in [1.807, 2.05) is 30.5 Å². The van der Waals surface area contributed by atoms with Crippen LogP contribution in [0.5, 0.6) is 0 Å². The third kappa shape index (κ3) is 2.42. The topological polar surface area (TPSA) is 38.1 Å². The highest BCUT2D eigenvalue weighted by molar-refractivity contribution is 6.30. The molecule has 1 N–H and O–H groups in total. The molecule has 1 saturated heterocycles. The molecule has 0 spiro atoms. The number of rotatable bonds is 2. The van der Waals surface area contributed by atoms with Crippen molar-refractivity contribution in [3.05, 3.63) is 41.2 Å². The van der Waals surface area contributed by atoms with Crippen molar-refractivity contribution in [2.45, 2.75) is 18.8 Å². The van der Waals surface area contributed by atoms with Crippen LogP contribution in [0.1, 0.15) is 24.5 Å². The van der Waals surface area contributed by atoms with Gasteiger partial charge in [0, 0.05) is 23.0 Å². The summed E-state index contributed by atoms with van der Waals surface area (Å²) in [4.78, 5) is 4.35. The first-order chi connectivity index (χ1) is 8.83. The number of oxazole rings is 1. The first kappa shape index (κ1) is 11.8. The molecule has 0 saturated carbocycles. The van der Waals surface area contributed by atoms with Crippen LogP contribution in [0.25, 0.3) is 11.5 Å². The van der Waals surface area contributed by atoms with E-state index in [0.717, 1.165) is 30.8 Å². The number of halogens is 1. The summed E-state index contributed by atoms with van der Waals surface area (Å²) in [7, 11) is 0. The Morgan fingerprint density at radius 3 is 3.11 bits per heavy atom. The fourth-order valence-electron chi connectivity index (χ4n) is 2.32. The minimum absolute atomic E-state index is 0.444. The average molecular weight is 263 g/mol. The van der Waals surface area contributed by atoms with Crippen molar-refractivity contribution < 1.29 is 4.42 Å². The molecule has 1 aliphatic heterocycles. The highest BCUT2D eigenvalue weighted by Crippen LogP contribution is 2.28. The van der Waals surface area contributed by atoms with Crippen LogP contribution in [-0.4, -0.2) is 18.1 Å². The number of hydrogen-bond donors (Lipinski definition) is 1. The summed E-state index contributed by atoms with van der Waals surface area (Å²) in [6.45, 7) is 2.08. The monoisotopic (exact) mass is 262 g/mol. The number of piperidine rings is 1. The van der Waals surface area contributed by atoms with Crippen LogP contribution in [0.2, 0.25) is 5.02 Å². The van der Waals surface area contributed by atoms with Gasteiger partial charge >= 0.3 is 0 Å². The molecule has 1 aromatic carbocycles. The van der Waals surface area contributed by atoms with Crippen LogP contribution >= 0.6 is 11.6 Å². The summed E-state index contributed by atoms with van der Waals surface area (Å²) in [5.74, 6) is 2.06. The van der Waals surface area contributed by atoms with Crippen molar-refractivity contribution in [1.29, 1.82) is 0 Å². The molecule has 2 heterocycles. The van der Waals surface area contributed by atoms with E-state index < -0.39 is 0 Å². The molecule has 1 aliphatic rings. The van der Waals surface area contributed by atoms with Gasteiger partial charge in [-0.05, 0) is 37.6 Å². The van der Waals surface area contributed by atoms with Crippen LogP contribution in [-0.2, 0) is 0 Å². The number of nitrogens with one attached hydrogen (secondary N) is 1. The number of benzene rings is 1. The van der Waals surface area contributed by atoms with Crippen molar-refractivity contribution in [1.82, 2.24) is 10.3 Å². The van der Waals surface area contributed by atoms with E-state index in [1.54, 1.807) is 0 Å². The third-order valence-corrected chi connectivity index (χ3v) is 3.53. The van der Waals surface area contributed by atoms with Crippen LogP contribution in [0, 0.1) is 0 Å². The number of nitrogens with zero attached hydrogens (tertiary/aromatic N) is 1. The van der Waals surface area contributed by atoms with Gasteiger partial charge in [-0.25, -0.2) is 4.98 Å². The van der Waals surface area contributed by atoms with Gasteiger partial charge in [0.2, 0.25) is 5.89 Å². The van der Waals surface area contributed by atoms with Crippen molar-refractivity contribution >= 4 is 11.6 Å². The van der Waals surface area contributed by atoms with E-state index in [2.05, 4.69) is 10.3 Å². The predicted molar refractivity (Wildman–Crippen MR) is 71.8 cm³/mol. The zero-order valence-electron chi connectivity index (χ0n) is 10.0. The van der Waals surface area contributed by atoms with Crippen LogP contribution < -0.4 is 5.32 Å². The van der Waals surface area contributed by atoms with Crippen molar-refractivity contribution in [2.24, 2.45) is 0 Å². The lowest BCUT2D eigenvalue weighted by molar-refractivity contribution is 0.392. The quantitative estimate of drug-likeness (QED) is 0.901. The van der Waals surface area contributed by atoms with Gasteiger partial charge in [0.05, 0.1) is 6.20 Å². The lowest BCUT2D eigenvalue weighted by atomic mass is 9.98. The highest BCUT2D eigenvalue weighted by atomic mass is 35.5. The van der Waals surface area contributed by atoms with Gasteiger partial charge in [-0.3, -0.25) is 0 Å². The fourth-order valence-corrected chi connectivity index (χ4v) is 2.52. The summed E-state index contributed by atoms with van der Waals surface area (Å²) in [5, 5.41) is 4.08. The first-order valence-electron chi connectivity index (χ1n) is 6.25. The van der Waals surface area contributed by atoms with Gasteiger partial charge in [-0.15, -0.1) is 0 Å². The van der Waals surface area contributed by atoms with E-state index in [0.29, 0.717) is 16.8 Å². The van der Waals surface area contributed by atoms with E-state index >= 15 is 0 Å². The summed E-state index contributed by atoms with van der Waals surface area (Å²) in [6, 6.07) is 7.58. The van der Waals surface area contributed by atoms with Gasteiger partial charge in [-0.1, -0.05) is 17.7 Å². The van der Waals surface area contributed by atoms with E-state index in [9.17, 15) is 0 Å². The predicted octanol–water partition coefficient (Wildman–Crippen LogP) is 3.46. The molecule has 18 heavy (non-hydrogen) atoms. The minimum atomic E-state index is 0.444. The Morgan fingerprint density at radius 2 is 2.33 bits per heavy atom. The molecular formula is C14H15ClN2O. The first-order valence-corrected chi connectivity index (χ1v) is 6.63. The fraction of sp³-hybridized carbons (Fsp3) is 0.357. The minimum Gasteiger partial charge on any atom is -0.441 e. The Bertz CT molecular complexity index is 532. The third-order valence-electron chi connectivity index (χ3n) is 3.29. The van der Waals surface area contributed by atoms with Crippen LogP contribution in [0.4, 0.5) is 0 Å². The second-order valence-electron chi connectivity index (χ2n) is 4.62. The molecule has 4 heteroatoms. The molecule has 0 aliphatic carbocycles. The Balaban J connectivity index is 1.84. The zero-order valence-corrected chi connectivity index (χ0v) is 10.8. The Morgan fingerprint density at radius 1 is 1.39 bits per heavy atom. The lowest BCUT2D eigenvalue weighted by Crippen LogP contribution is -2.28. The Labute approximate surface area is 111 Å². The molecule has 1 atom stereocenters. The maximum Gasteiger partial charge on any atom is 0.226 e. The smallest absolute Gasteiger partial charge is 0.226 e. The summed E-state index contributed by atoms with van der Waals surface area (Å²) in [6.07, 6.45) is 4.20. The molecular weight excluding hydrogens is 248 g/mol. The van der Waals surface area contributed by atoms with Gasteiger partial charge in [-0.2, -0.15) is 0 Å². The summed E-state index contributed by atoms with van der Waals surface area (Å²) >= 11 is 5.97. The second kappa shape index (κ2) is 5.12. The Hall–Kier alpha value is -1.32. The number of aromatic nitrogens is 1. The molecule has 1 fully saturated rings. The largest absolute Gasteiger partial charge is 0.441 e. The van der Waals surface area contributed by atoms with Crippen molar-refractivity contribution in [2.75, 3.05) is 13.1 Å². The second-order valence-corrected chi connectivity index (χ2v) is 5.06. The molecule has 0 bridgehead atoms.